The Kier molecular flexibility index (Phi) is 4.70. The van der Waals surface area contributed by atoms with Crippen molar-refractivity contribution in [3.63, 3.8) is 0 Å². The van der Waals surface area contributed by atoms with Gasteiger partial charge in [-0.05, 0) is 0 Å². The summed E-state index contributed by atoms with van der Waals surface area (Å²) in [5, 5.41) is 0. The van der Waals surface area contributed by atoms with E-state index in [0.29, 0.717) is 12.8 Å². The first-order valence-corrected chi connectivity index (χ1v) is 3.91. The number of carbonyl (C=O) groups excluding carboxylic acids is 2. The molecule has 0 heterocycles. The van der Waals surface area contributed by atoms with Gasteiger partial charge in [-0.3, -0.25) is 9.59 Å². The van der Waals surface area contributed by atoms with E-state index in [-0.39, 0.29) is 18.0 Å². The smallest absolute Gasteiger partial charge is 0.149 e. The lowest BCUT2D eigenvalue weighted by Gasteiger charge is -2.06. The van der Waals surface area contributed by atoms with Crippen molar-refractivity contribution in [2.45, 2.75) is 39.2 Å². The van der Waals surface area contributed by atoms with E-state index in [0.717, 1.165) is 0 Å². The van der Waals surface area contributed by atoms with Gasteiger partial charge in [0, 0.05) is 19.3 Å². The summed E-state index contributed by atoms with van der Waals surface area (Å²) in [6.45, 7) is 3.52. The number of Topliss-reactive ketones (excluding diaryl/α,β-unsaturated/α-hetero) is 2. The summed E-state index contributed by atoms with van der Waals surface area (Å²) in [5.41, 5.74) is 5.43. The molecular weight excluding hydrogens is 142 g/mol. The molecule has 0 aromatic carbocycles. The third-order valence-electron chi connectivity index (χ3n) is 1.60. The fraction of sp³-hybridized carbons (Fsp3) is 0.750. The minimum absolute atomic E-state index is 0.0354. The number of ketones is 2. The highest BCUT2D eigenvalue weighted by Gasteiger charge is 2.13. The molecule has 0 aliphatic heterocycles. The topological polar surface area (TPSA) is 60.2 Å². The van der Waals surface area contributed by atoms with Crippen LogP contribution in [-0.4, -0.2) is 17.6 Å². The highest BCUT2D eigenvalue weighted by atomic mass is 16.1. The summed E-state index contributed by atoms with van der Waals surface area (Å²) in [7, 11) is 0. The van der Waals surface area contributed by atoms with Crippen molar-refractivity contribution in [3.05, 3.63) is 0 Å². The molecule has 0 radical (unpaired) electrons. The molecule has 0 aliphatic rings. The van der Waals surface area contributed by atoms with Crippen LogP contribution in [0.25, 0.3) is 0 Å². The monoisotopic (exact) mass is 157 g/mol. The number of nitrogens with two attached hydrogens (primary N) is 1. The molecule has 64 valence electrons. The summed E-state index contributed by atoms with van der Waals surface area (Å²) < 4.78 is 0. The Balaban J connectivity index is 3.77. The molecule has 0 bridgehead atoms. The zero-order chi connectivity index (χ0) is 8.85. The molecule has 3 heteroatoms. The number of carbonyl (C=O) groups is 2. The quantitative estimate of drug-likeness (QED) is 0.637. The van der Waals surface area contributed by atoms with Crippen LogP contribution in [0.15, 0.2) is 0 Å². The van der Waals surface area contributed by atoms with Gasteiger partial charge in [0.25, 0.3) is 0 Å². The standard InChI is InChI=1S/C8H15NO2/c1-3-6(10)5-7(9)8(11)4-2/h7H,3-5,9H2,1-2H3. The SMILES string of the molecule is CCC(=O)CC(N)C(=O)CC. The van der Waals surface area contributed by atoms with Crippen molar-refractivity contribution >= 4 is 11.6 Å². The van der Waals surface area contributed by atoms with Crippen molar-refractivity contribution in [1.82, 2.24) is 0 Å². The number of hydrogen-bond donors (Lipinski definition) is 1. The van der Waals surface area contributed by atoms with Gasteiger partial charge in [0.2, 0.25) is 0 Å². The Labute approximate surface area is 67.0 Å². The Morgan fingerprint density at radius 2 is 1.82 bits per heavy atom. The molecule has 0 aromatic rings. The Bertz CT molecular complexity index is 154. The van der Waals surface area contributed by atoms with Crippen molar-refractivity contribution in [3.8, 4) is 0 Å². The Hall–Kier alpha value is -0.700. The molecule has 1 unspecified atom stereocenters. The average Bonchev–Trinajstić information content (AvgIpc) is 2.02. The van der Waals surface area contributed by atoms with Crippen molar-refractivity contribution in [2.75, 3.05) is 0 Å². The van der Waals surface area contributed by atoms with Crippen LogP contribution in [0.1, 0.15) is 33.1 Å². The molecule has 0 aromatic heterocycles. The molecule has 1 atom stereocenters. The van der Waals surface area contributed by atoms with Crippen LogP contribution in [-0.2, 0) is 9.59 Å². The highest BCUT2D eigenvalue weighted by Crippen LogP contribution is 1.97. The second-order valence-corrected chi connectivity index (χ2v) is 2.52. The number of rotatable bonds is 5. The second-order valence-electron chi connectivity index (χ2n) is 2.52. The highest BCUT2D eigenvalue weighted by molar-refractivity contribution is 5.89. The maximum atomic E-state index is 10.9. The minimum Gasteiger partial charge on any atom is -0.321 e. The summed E-state index contributed by atoms with van der Waals surface area (Å²) >= 11 is 0. The van der Waals surface area contributed by atoms with Crippen LogP contribution in [0.5, 0.6) is 0 Å². The van der Waals surface area contributed by atoms with E-state index in [1.807, 2.05) is 0 Å². The molecule has 2 N–H and O–H groups in total. The number of hydrogen-bond acceptors (Lipinski definition) is 3. The van der Waals surface area contributed by atoms with E-state index in [1.165, 1.54) is 0 Å². The molecule has 0 fully saturated rings. The lowest BCUT2D eigenvalue weighted by atomic mass is 10.0. The zero-order valence-corrected chi connectivity index (χ0v) is 7.09. The zero-order valence-electron chi connectivity index (χ0n) is 7.09. The van der Waals surface area contributed by atoms with Gasteiger partial charge in [-0.25, -0.2) is 0 Å². The first-order valence-electron chi connectivity index (χ1n) is 3.91. The van der Waals surface area contributed by atoms with Crippen LogP contribution in [0, 0.1) is 0 Å². The fourth-order valence-corrected chi connectivity index (χ4v) is 0.766. The average molecular weight is 157 g/mol. The van der Waals surface area contributed by atoms with Gasteiger partial charge in [-0.15, -0.1) is 0 Å². The Morgan fingerprint density at radius 3 is 2.18 bits per heavy atom. The molecule has 0 amide bonds. The van der Waals surface area contributed by atoms with E-state index in [4.69, 9.17) is 5.73 Å². The maximum absolute atomic E-state index is 10.9. The molecule has 0 saturated carbocycles. The van der Waals surface area contributed by atoms with E-state index >= 15 is 0 Å². The van der Waals surface area contributed by atoms with E-state index < -0.39 is 6.04 Å². The van der Waals surface area contributed by atoms with Crippen LogP contribution >= 0.6 is 0 Å². The Morgan fingerprint density at radius 1 is 1.27 bits per heavy atom. The van der Waals surface area contributed by atoms with Crippen LogP contribution in [0.3, 0.4) is 0 Å². The first-order chi connectivity index (χ1) is 5.11. The van der Waals surface area contributed by atoms with E-state index in [2.05, 4.69) is 0 Å². The largest absolute Gasteiger partial charge is 0.321 e. The molecule has 0 saturated heterocycles. The lowest BCUT2D eigenvalue weighted by Crippen LogP contribution is -2.32. The normalized spacial score (nSPS) is 12.6. The molecule has 3 nitrogen and oxygen atoms in total. The minimum atomic E-state index is -0.576. The van der Waals surface area contributed by atoms with Gasteiger partial charge < -0.3 is 5.73 Å². The third kappa shape index (κ3) is 3.88. The maximum Gasteiger partial charge on any atom is 0.149 e. The molecule has 0 rings (SSSR count). The summed E-state index contributed by atoms with van der Waals surface area (Å²) in [6.07, 6.45) is 1.08. The van der Waals surface area contributed by atoms with Crippen LogP contribution in [0.2, 0.25) is 0 Å². The van der Waals surface area contributed by atoms with Gasteiger partial charge in [-0.1, -0.05) is 13.8 Å². The lowest BCUT2D eigenvalue weighted by molar-refractivity contribution is -0.125. The first kappa shape index (κ1) is 10.3. The van der Waals surface area contributed by atoms with Crippen molar-refractivity contribution < 1.29 is 9.59 Å². The fourth-order valence-electron chi connectivity index (χ4n) is 0.766. The van der Waals surface area contributed by atoms with E-state index in [1.54, 1.807) is 13.8 Å². The summed E-state index contributed by atoms with van der Waals surface area (Å²) in [6, 6.07) is -0.576. The predicted molar refractivity (Wildman–Crippen MR) is 43.2 cm³/mol. The van der Waals surface area contributed by atoms with E-state index in [9.17, 15) is 9.59 Å². The van der Waals surface area contributed by atoms with Crippen LogP contribution < -0.4 is 5.73 Å². The van der Waals surface area contributed by atoms with Crippen molar-refractivity contribution in [2.24, 2.45) is 5.73 Å². The predicted octanol–water partition coefficient (Wildman–Crippen LogP) is 0.662. The molecule has 0 spiro atoms. The van der Waals surface area contributed by atoms with Gasteiger partial charge >= 0.3 is 0 Å². The second kappa shape index (κ2) is 5.02. The summed E-state index contributed by atoms with van der Waals surface area (Å²) in [4.78, 5) is 21.7. The van der Waals surface area contributed by atoms with Crippen LogP contribution in [0.4, 0.5) is 0 Å². The van der Waals surface area contributed by atoms with Gasteiger partial charge in [0.05, 0.1) is 6.04 Å². The molecule has 0 aliphatic carbocycles. The molecular formula is C8H15NO2. The third-order valence-corrected chi connectivity index (χ3v) is 1.60. The molecule has 11 heavy (non-hydrogen) atoms. The summed E-state index contributed by atoms with van der Waals surface area (Å²) in [5.74, 6) is 0.0195. The van der Waals surface area contributed by atoms with Gasteiger partial charge in [0.15, 0.2) is 0 Å². The van der Waals surface area contributed by atoms with Gasteiger partial charge in [0.1, 0.15) is 11.6 Å². The van der Waals surface area contributed by atoms with Gasteiger partial charge in [-0.2, -0.15) is 0 Å². The van der Waals surface area contributed by atoms with Crippen molar-refractivity contribution in [1.29, 1.82) is 0 Å².